The third-order valence-electron chi connectivity index (χ3n) is 4.43. The van der Waals surface area contributed by atoms with Crippen LogP contribution in [0.4, 0.5) is 0 Å². The molecule has 1 fully saturated rings. The van der Waals surface area contributed by atoms with Crippen molar-refractivity contribution in [2.75, 3.05) is 6.26 Å². The molecule has 3 nitrogen and oxygen atoms in total. The molecule has 0 atom stereocenters. The molecular weight excluding hydrogens is 298 g/mol. The van der Waals surface area contributed by atoms with Crippen molar-refractivity contribution in [1.82, 2.24) is 14.8 Å². The van der Waals surface area contributed by atoms with Gasteiger partial charge in [-0.15, -0.1) is 0 Å². The lowest BCUT2D eigenvalue weighted by molar-refractivity contribution is 0.358. The number of nitrogens with zero attached hydrogens (tertiary/aromatic N) is 2. The number of rotatable bonds is 4. The molecule has 0 spiro atoms. The van der Waals surface area contributed by atoms with E-state index in [0.717, 1.165) is 22.7 Å². The summed E-state index contributed by atoms with van der Waals surface area (Å²) in [4.78, 5) is 0. The van der Waals surface area contributed by atoms with Gasteiger partial charge >= 0.3 is 0 Å². The second-order valence-corrected chi connectivity index (χ2v) is 7.41. The zero-order valence-electron chi connectivity index (χ0n) is 12.3. The van der Waals surface area contributed by atoms with Crippen LogP contribution in [0.5, 0.6) is 0 Å². The fraction of sp³-hybridized carbons (Fsp3) is 0.500. The Hall–Kier alpha value is -1.07. The first-order valence-corrected chi connectivity index (χ1v) is 9.13. The van der Waals surface area contributed by atoms with Crippen LogP contribution in [0.1, 0.15) is 32.1 Å². The molecule has 1 aromatic carbocycles. The first kappa shape index (κ1) is 14.9. The third-order valence-corrected chi connectivity index (χ3v) is 6.15. The van der Waals surface area contributed by atoms with E-state index in [4.69, 9.17) is 12.2 Å². The van der Waals surface area contributed by atoms with Gasteiger partial charge in [-0.05, 0) is 31.3 Å². The lowest BCUT2D eigenvalue weighted by Gasteiger charge is -2.36. The molecule has 1 aromatic heterocycles. The molecule has 1 heterocycles. The Balaban J connectivity index is 1.95. The highest BCUT2D eigenvalue weighted by molar-refractivity contribution is 8.00. The van der Waals surface area contributed by atoms with Crippen LogP contribution in [-0.4, -0.2) is 25.8 Å². The summed E-state index contributed by atoms with van der Waals surface area (Å²) in [5.41, 5.74) is 1.12. The summed E-state index contributed by atoms with van der Waals surface area (Å²) in [6, 6.07) is 10.3. The molecule has 1 aliphatic carbocycles. The van der Waals surface area contributed by atoms with Gasteiger partial charge < -0.3 is 0 Å². The van der Waals surface area contributed by atoms with Crippen LogP contribution in [0, 0.1) is 4.77 Å². The predicted octanol–water partition coefficient (Wildman–Crippen LogP) is 4.67. The fourth-order valence-corrected chi connectivity index (χ4v) is 4.33. The highest BCUT2D eigenvalue weighted by atomic mass is 32.2. The maximum absolute atomic E-state index is 5.47. The average Bonchev–Trinajstić information content (AvgIpc) is 2.90. The van der Waals surface area contributed by atoms with Crippen molar-refractivity contribution in [1.29, 1.82) is 0 Å². The molecule has 21 heavy (non-hydrogen) atoms. The molecule has 1 aliphatic rings. The Morgan fingerprint density at radius 1 is 1.24 bits per heavy atom. The van der Waals surface area contributed by atoms with Crippen molar-refractivity contribution in [3.63, 3.8) is 0 Å². The Morgan fingerprint density at radius 3 is 2.62 bits per heavy atom. The van der Waals surface area contributed by atoms with E-state index in [9.17, 15) is 0 Å². The lowest BCUT2D eigenvalue weighted by atomic mass is 9.88. The average molecular weight is 319 g/mol. The normalized spacial score (nSPS) is 17.8. The Kier molecular flexibility index (Phi) is 4.50. The number of hydrogen-bond donors (Lipinski definition) is 1. The summed E-state index contributed by atoms with van der Waals surface area (Å²) in [5, 5.41) is 7.43. The van der Waals surface area contributed by atoms with Gasteiger partial charge in [0.25, 0.3) is 0 Å². The van der Waals surface area contributed by atoms with Gasteiger partial charge in [-0.25, -0.2) is 0 Å². The Bertz CT molecular complexity index is 639. The molecule has 2 aromatic rings. The van der Waals surface area contributed by atoms with Gasteiger partial charge in [0.15, 0.2) is 10.6 Å². The zero-order valence-corrected chi connectivity index (χ0v) is 14.0. The van der Waals surface area contributed by atoms with Crippen molar-refractivity contribution in [2.45, 2.75) is 43.4 Å². The van der Waals surface area contributed by atoms with Crippen molar-refractivity contribution in [3.05, 3.63) is 35.1 Å². The van der Waals surface area contributed by atoms with Gasteiger partial charge in [0.2, 0.25) is 0 Å². The Labute approximate surface area is 135 Å². The van der Waals surface area contributed by atoms with Gasteiger partial charge in [-0.2, -0.15) is 16.9 Å². The van der Waals surface area contributed by atoms with Gasteiger partial charge in [-0.3, -0.25) is 9.67 Å². The van der Waals surface area contributed by atoms with Gasteiger partial charge in [-0.1, -0.05) is 49.6 Å². The van der Waals surface area contributed by atoms with Crippen molar-refractivity contribution < 1.29 is 0 Å². The summed E-state index contributed by atoms with van der Waals surface area (Å²) < 4.78 is 3.23. The minimum absolute atomic E-state index is 0.309. The smallest absolute Gasteiger partial charge is 0.195 e. The zero-order chi connectivity index (χ0) is 14.7. The summed E-state index contributed by atoms with van der Waals surface area (Å²) in [7, 11) is 0. The second kappa shape index (κ2) is 6.36. The Morgan fingerprint density at radius 2 is 1.95 bits per heavy atom. The van der Waals surface area contributed by atoms with Gasteiger partial charge in [0.1, 0.15) is 0 Å². The molecule has 0 aliphatic heterocycles. The lowest BCUT2D eigenvalue weighted by Crippen LogP contribution is -2.33. The van der Waals surface area contributed by atoms with E-state index in [0.29, 0.717) is 4.75 Å². The topological polar surface area (TPSA) is 33.6 Å². The molecule has 0 saturated heterocycles. The van der Waals surface area contributed by atoms with Crippen LogP contribution < -0.4 is 0 Å². The number of nitrogens with one attached hydrogen (secondary N) is 1. The summed E-state index contributed by atoms with van der Waals surface area (Å²) >= 11 is 7.47. The minimum Gasteiger partial charge on any atom is -0.299 e. The maximum Gasteiger partial charge on any atom is 0.195 e. The SMILES string of the molecule is CSC1(Cn2c(-c3ccccc3)n[nH]c2=S)CCCCC1. The van der Waals surface area contributed by atoms with Crippen molar-refractivity contribution in [2.24, 2.45) is 0 Å². The number of benzene rings is 1. The summed E-state index contributed by atoms with van der Waals surface area (Å²) in [6.45, 7) is 0.952. The standard InChI is InChI=1S/C16H21N3S2/c1-21-16(10-6-3-7-11-16)12-19-14(17-18-15(19)20)13-8-4-2-5-9-13/h2,4-5,8-9H,3,6-7,10-12H2,1H3,(H,18,20). The van der Waals surface area contributed by atoms with E-state index in [-0.39, 0.29) is 0 Å². The predicted molar refractivity (Wildman–Crippen MR) is 92.2 cm³/mol. The number of aromatic nitrogens is 3. The molecule has 5 heteroatoms. The van der Waals surface area contributed by atoms with E-state index in [2.05, 4.69) is 33.2 Å². The quantitative estimate of drug-likeness (QED) is 0.831. The molecule has 0 unspecified atom stereocenters. The summed E-state index contributed by atoms with van der Waals surface area (Å²) in [6.07, 6.45) is 8.80. The third kappa shape index (κ3) is 3.09. The van der Waals surface area contributed by atoms with Crippen LogP contribution in [0.15, 0.2) is 30.3 Å². The molecule has 112 valence electrons. The van der Waals surface area contributed by atoms with Crippen LogP contribution in [0.2, 0.25) is 0 Å². The number of hydrogen-bond acceptors (Lipinski definition) is 3. The molecule has 0 amide bonds. The highest BCUT2D eigenvalue weighted by Crippen LogP contribution is 2.40. The largest absolute Gasteiger partial charge is 0.299 e. The molecule has 3 rings (SSSR count). The van der Waals surface area contributed by atoms with E-state index in [1.807, 2.05) is 30.0 Å². The summed E-state index contributed by atoms with van der Waals surface area (Å²) in [5.74, 6) is 0.958. The monoisotopic (exact) mass is 319 g/mol. The maximum atomic E-state index is 5.47. The number of H-pyrrole nitrogens is 1. The number of thioether (sulfide) groups is 1. The van der Waals surface area contributed by atoms with Crippen molar-refractivity contribution >= 4 is 24.0 Å². The second-order valence-electron chi connectivity index (χ2n) is 5.75. The molecule has 0 bridgehead atoms. The van der Waals surface area contributed by atoms with Crippen LogP contribution in [0.3, 0.4) is 0 Å². The van der Waals surface area contributed by atoms with E-state index >= 15 is 0 Å². The van der Waals surface area contributed by atoms with Crippen LogP contribution >= 0.6 is 24.0 Å². The fourth-order valence-electron chi connectivity index (χ4n) is 3.18. The first-order chi connectivity index (χ1) is 10.2. The van der Waals surface area contributed by atoms with Crippen molar-refractivity contribution in [3.8, 4) is 11.4 Å². The minimum atomic E-state index is 0.309. The first-order valence-electron chi connectivity index (χ1n) is 7.50. The van der Waals surface area contributed by atoms with Gasteiger partial charge in [0, 0.05) is 16.9 Å². The van der Waals surface area contributed by atoms with E-state index in [1.165, 1.54) is 32.1 Å². The molecule has 1 saturated carbocycles. The van der Waals surface area contributed by atoms with E-state index < -0.39 is 0 Å². The molecule has 1 N–H and O–H groups in total. The van der Waals surface area contributed by atoms with Crippen LogP contribution in [0.25, 0.3) is 11.4 Å². The highest BCUT2D eigenvalue weighted by Gasteiger charge is 2.32. The van der Waals surface area contributed by atoms with Crippen LogP contribution in [-0.2, 0) is 6.54 Å². The number of aromatic amines is 1. The molecular formula is C16H21N3S2. The van der Waals surface area contributed by atoms with Gasteiger partial charge in [0.05, 0.1) is 0 Å². The van der Waals surface area contributed by atoms with E-state index in [1.54, 1.807) is 0 Å². The molecule has 0 radical (unpaired) electrons.